The van der Waals surface area contributed by atoms with Crippen molar-refractivity contribution in [1.29, 1.82) is 0 Å². The van der Waals surface area contributed by atoms with Gasteiger partial charge in [0.25, 0.3) is 5.56 Å². The minimum Gasteiger partial charge on any atom is -0.383 e. The Morgan fingerprint density at radius 1 is 1.40 bits per heavy atom. The van der Waals surface area contributed by atoms with E-state index in [4.69, 9.17) is 5.73 Å². The zero-order valence-electron chi connectivity index (χ0n) is 12.2. The van der Waals surface area contributed by atoms with Crippen LogP contribution in [0.1, 0.15) is 39.5 Å². The van der Waals surface area contributed by atoms with Crippen molar-refractivity contribution >= 4 is 11.5 Å². The molecule has 112 valence electrons. The van der Waals surface area contributed by atoms with Crippen LogP contribution >= 0.6 is 0 Å². The number of rotatable bonds is 5. The molecule has 0 bridgehead atoms. The van der Waals surface area contributed by atoms with Crippen LogP contribution in [-0.4, -0.2) is 16.1 Å². The van der Waals surface area contributed by atoms with Gasteiger partial charge in [0, 0.05) is 13.1 Å². The predicted molar refractivity (Wildman–Crippen MR) is 81.0 cm³/mol. The first-order valence-corrected chi connectivity index (χ1v) is 7.39. The van der Waals surface area contributed by atoms with E-state index < -0.39 is 11.2 Å². The first-order chi connectivity index (χ1) is 9.52. The van der Waals surface area contributed by atoms with Crippen molar-refractivity contribution in [2.24, 2.45) is 11.8 Å². The Labute approximate surface area is 118 Å². The zero-order valence-corrected chi connectivity index (χ0v) is 12.2. The smallest absolute Gasteiger partial charge is 0.330 e. The van der Waals surface area contributed by atoms with Crippen LogP contribution in [0.2, 0.25) is 0 Å². The summed E-state index contributed by atoms with van der Waals surface area (Å²) in [5.41, 5.74) is 5.43. The molecule has 0 saturated heterocycles. The highest BCUT2D eigenvalue weighted by atomic mass is 16.2. The molecule has 1 aliphatic rings. The molecule has 1 aromatic heterocycles. The second kappa shape index (κ2) is 6.15. The predicted octanol–water partition coefficient (Wildman–Crippen LogP) is 1.38. The molecule has 4 N–H and O–H groups in total. The van der Waals surface area contributed by atoms with Crippen molar-refractivity contribution < 1.29 is 0 Å². The van der Waals surface area contributed by atoms with Crippen LogP contribution < -0.4 is 22.3 Å². The third-order valence-corrected chi connectivity index (χ3v) is 4.06. The van der Waals surface area contributed by atoms with Gasteiger partial charge in [-0.25, -0.2) is 4.79 Å². The third-order valence-electron chi connectivity index (χ3n) is 4.06. The SMILES string of the molecule is CCCn1c(N)c(NCC2CCC(C)C2)c(=O)[nH]c1=O. The number of aromatic nitrogens is 2. The van der Waals surface area contributed by atoms with Crippen molar-refractivity contribution in [3.05, 3.63) is 20.8 Å². The Kier molecular flexibility index (Phi) is 4.52. The quantitative estimate of drug-likeness (QED) is 0.759. The Balaban J connectivity index is 2.16. The van der Waals surface area contributed by atoms with E-state index in [-0.39, 0.29) is 5.82 Å². The summed E-state index contributed by atoms with van der Waals surface area (Å²) in [5.74, 6) is 1.58. The van der Waals surface area contributed by atoms with E-state index in [2.05, 4.69) is 17.2 Å². The van der Waals surface area contributed by atoms with Gasteiger partial charge in [0.15, 0.2) is 0 Å². The largest absolute Gasteiger partial charge is 0.383 e. The average Bonchev–Trinajstić information content (AvgIpc) is 2.80. The molecule has 20 heavy (non-hydrogen) atoms. The fraction of sp³-hybridized carbons (Fsp3) is 0.714. The standard InChI is InChI=1S/C14H24N4O2/c1-3-6-18-12(15)11(13(19)17-14(18)20)16-8-10-5-4-9(2)7-10/h9-10,16H,3-8,15H2,1-2H3,(H,17,19,20). The molecule has 0 aliphatic heterocycles. The van der Waals surface area contributed by atoms with E-state index in [1.165, 1.54) is 23.8 Å². The first-order valence-electron chi connectivity index (χ1n) is 7.39. The number of anilines is 2. The number of H-pyrrole nitrogens is 1. The highest BCUT2D eigenvalue weighted by Gasteiger charge is 2.22. The summed E-state index contributed by atoms with van der Waals surface area (Å²) < 4.78 is 1.42. The normalized spacial score (nSPS) is 22.1. The second-order valence-electron chi connectivity index (χ2n) is 5.84. The van der Waals surface area contributed by atoms with Crippen LogP contribution in [0, 0.1) is 11.8 Å². The van der Waals surface area contributed by atoms with Crippen molar-refractivity contribution in [3.8, 4) is 0 Å². The third kappa shape index (κ3) is 3.05. The molecule has 2 rings (SSSR count). The molecule has 1 heterocycles. The molecule has 2 atom stereocenters. The molecule has 1 saturated carbocycles. The van der Waals surface area contributed by atoms with Crippen LogP contribution in [0.4, 0.5) is 11.5 Å². The minimum absolute atomic E-state index is 0.242. The Morgan fingerprint density at radius 2 is 2.15 bits per heavy atom. The summed E-state index contributed by atoms with van der Waals surface area (Å²) in [6, 6.07) is 0. The van der Waals surface area contributed by atoms with Crippen molar-refractivity contribution in [2.75, 3.05) is 17.6 Å². The van der Waals surface area contributed by atoms with Crippen molar-refractivity contribution in [3.63, 3.8) is 0 Å². The topological polar surface area (TPSA) is 92.9 Å². The molecule has 1 aliphatic carbocycles. The van der Waals surface area contributed by atoms with Crippen LogP contribution in [0.15, 0.2) is 9.59 Å². The van der Waals surface area contributed by atoms with Gasteiger partial charge in [-0.1, -0.05) is 20.3 Å². The number of nitrogens with one attached hydrogen (secondary N) is 2. The molecule has 0 amide bonds. The lowest BCUT2D eigenvalue weighted by molar-refractivity contribution is 0.536. The van der Waals surface area contributed by atoms with Gasteiger partial charge in [-0.05, 0) is 31.1 Å². The molecule has 6 heteroatoms. The van der Waals surface area contributed by atoms with Crippen LogP contribution in [0.25, 0.3) is 0 Å². The number of hydrogen-bond acceptors (Lipinski definition) is 4. The fourth-order valence-corrected chi connectivity index (χ4v) is 2.96. The van der Waals surface area contributed by atoms with Gasteiger partial charge >= 0.3 is 5.69 Å². The van der Waals surface area contributed by atoms with E-state index in [9.17, 15) is 9.59 Å². The van der Waals surface area contributed by atoms with Crippen LogP contribution in [-0.2, 0) is 6.54 Å². The van der Waals surface area contributed by atoms with Crippen molar-refractivity contribution in [1.82, 2.24) is 9.55 Å². The monoisotopic (exact) mass is 280 g/mol. The highest BCUT2D eigenvalue weighted by molar-refractivity contribution is 5.60. The molecular formula is C14H24N4O2. The van der Waals surface area contributed by atoms with Gasteiger partial charge < -0.3 is 11.1 Å². The highest BCUT2D eigenvalue weighted by Crippen LogP contribution is 2.30. The molecule has 2 unspecified atom stereocenters. The number of aromatic amines is 1. The summed E-state index contributed by atoms with van der Waals surface area (Å²) >= 11 is 0. The van der Waals surface area contributed by atoms with E-state index in [0.717, 1.165) is 18.9 Å². The molecule has 1 fully saturated rings. The molecule has 0 radical (unpaired) electrons. The van der Waals surface area contributed by atoms with E-state index >= 15 is 0 Å². The van der Waals surface area contributed by atoms with Gasteiger partial charge in [0.2, 0.25) is 0 Å². The lowest BCUT2D eigenvalue weighted by atomic mass is 10.1. The number of nitrogens with two attached hydrogens (primary N) is 1. The summed E-state index contributed by atoms with van der Waals surface area (Å²) in [7, 11) is 0. The Bertz CT molecular complexity index is 576. The molecule has 1 aromatic rings. The first kappa shape index (κ1) is 14.7. The summed E-state index contributed by atoms with van der Waals surface area (Å²) in [4.78, 5) is 25.9. The summed E-state index contributed by atoms with van der Waals surface area (Å²) in [6.45, 7) is 5.46. The number of hydrogen-bond donors (Lipinski definition) is 3. The summed E-state index contributed by atoms with van der Waals surface area (Å²) in [6.07, 6.45) is 4.39. The van der Waals surface area contributed by atoms with Crippen LogP contribution in [0.3, 0.4) is 0 Å². The zero-order chi connectivity index (χ0) is 14.7. The van der Waals surface area contributed by atoms with Gasteiger partial charge in [0.1, 0.15) is 11.5 Å². The lowest BCUT2D eigenvalue weighted by Crippen LogP contribution is -2.34. The van der Waals surface area contributed by atoms with Gasteiger partial charge in [-0.2, -0.15) is 0 Å². The molecular weight excluding hydrogens is 256 g/mol. The number of nitrogens with zero attached hydrogens (tertiary/aromatic N) is 1. The summed E-state index contributed by atoms with van der Waals surface area (Å²) in [5, 5.41) is 3.14. The lowest BCUT2D eigenvalue weighted by Gasteiger charge is -2.15. The Hall–Kier alpha value is -1.72. The number of nitrogen functional groups attached to an aromatic ring is 1. The van der Waals surface area contributed by atoms with E-state index in [1.54, 1.807) is 0 Å². The maximum Gasteiger partial charge on any atom is 0.330 e. The molecule has 6 nitrogen and oxygen atoms in total. The minimum atomic E-state index is -0.436. The van der Waals surface area contributed by atoms with Gasteiger partial charge in [-0.15, -0.1) is 0 Å². The van der Waals surface area contributed by atoms with Gasteiger partial charge in [-0.3, -0.25) is 14.3 Å². The Morgan fingerprint density at radius 3 is 2.75 bits per heavy atom. The van der Waals surface area contributed by atoms with E-state index in [0.29, 0.717) is 18.2 Å². The molecule has 0 aromatic carbocycles. The van der Waals surface area contributed by atoms with Gasteiger partial charge in [0.05, 0.1) is 0 Å². The second-order valence-corrected chi connectivity index (χ2v) is 5.84. The van der Waals surface area contributed by atoms with Crippen LogP contribution in [0.5, 0.6) is 0 Å². The van der Waals surface area contributed by atoms with E-state index in [1.807, 2.05) is 6.92 Å². The maximum absolute atomic E-state index is 11.9. The molecule has 0 spiro atoms. The van der Waals surface area contributed by atoms with Crippen molar-refractivity contribution in [2.45, 2.75) is 46.1 Å². The fourth-order valence-electron chi connectivity index (χ4n) is 2.96. The average molecular weight is 280 g/mol. The maximum atomic E-state index is 11.9.